The molecule has 14 nitrogen and oxygen atoms in total. The molecule has 0 atom stereocenters. The lowest BCUT2D eigenvalue weighted by molar-refractivity contribution is -0.140. The first-order valence-electron chi connectivity index (χ1n) is 15.0. The van der Waals surface area contributed by atoms with Crippen LogP contribution in [0, 0.1) is 0 Å². The van der Waals surface area contributed by atoms with Crippen LogP contribution in [0.2, 0.25) is 10.0 Å². The number of hydrogen-bond acceptors (Lipinski definition) is 10. The second-order valence-corrected chi connectivity index (χ2v) is 11.7. The standard InChI is InChI=1S/C32H24Cl2F4N8O6/c33-19-7-17(9-23(11-19)49-31(35)36)25-15-45(13-21-3-5-39-41-21)43-29(25)51-27(47)1-2-28(48)52-30-26(16-46(44-30)14-22-4-6-40-42-22)18-8-20(34)12-24(10-18)50-32(37)38/h3-12,15-16,31-32H,1-2,13-14H2,(H,39,41)(H,40,42). The van der Waals surface area contributed by atoms with Crippen LogP contribution < -0.4 is 18.9 Å². The number of carbonyl (C=O) groups excluding carboxylic acids is 2. The number of ether oxygens (including phenoxy) is 4. The molecule has 4 heterocycles. The van der Waals surface area contributed by atoms with E-state index in [1.807, 2.05) is 0 Å². The van der Waals surface area contributed by atoms with Crippen molar-refractivity contribution < 1.29 is 46.1 Å². The molecule has 6 rings (SSSR count). The highest BCUT2D eigenvalue weighted by Crippen LogP contribution is 2.36. The van der Waals surface area contributed by atoms with Crippen molar-refractivity contribution >= 4 is 35.1 Å². The first kappa shape index (κ1) is 35.9. The number of halogens is 6. The fourth-order valence-corrected chi connectivity index (χ4v) is 5.36. The summed E-state index contributed by atoms with van der Waals surface area (Å²) in [6.45, 7) is -5.93. The maximum Gasteiger partial charge on any atom is 0.387 e. The smallest absolute Gasteiger partial charge is 0.387 e. The molecule has 0 aliphatic heterocycles. The third-order valence-corrected chi connectivity index (χ3v) is 7.43. The first-order valence-corrected chi connectivity index (χ1v) is 15.8. The number of H-pyrrole nitrogens is 2. The molecule has 0 saturated heterocycles. The normalized spacial score (nSPS) is 11.3. The molecule has 0 unspecified atom stereocenters. The quantitative estimate of drug-likeness (QED) is 0.0844. The van der Waals surface area contributed by atoms with Gasteiger partial charge in [0.1, 0.15) is 11.5 Å². The van der Waals surface area contributed by atoms with E-state index in [1.54, 1.807) is 24.5 Å². The molecule has 4 aromatic heterocycles. The number of rotatable bonds is 15. The number of alkyl halides is 4. The Morgan fingerprint density at radius 3 is 1.46 bits per heavy atom. The predicted octanol–water partition coefficient (Wildman–Crippen LogP) is 6.76. The van der Waals surface area contributed by atoms with Crippen molar-refractivity contribution in [3.05, 3.63) is 94.8 Å². The molecule has 0 saturated carbocycles. The lowest BCUT2D eigenvalue weighted by atomic mass is 10.1. The van der Waals surface area contributed by atoms with E-state index < -0.39 is 38.0 Å². The van der Waals surface area contributed by atoms with E-state index in [0.29, 0.717) is 11.4 Å². The van der Waals surface area contributed by atoms with Crippen LogP contribution in [0.1, 0.15) is 24.2 Å². The number of esters is 2. The third-order valence-electron chi connectivity index (χ3n) is 6.99. The van der Waals surface area contributed by atoms with Crippen LogP contribution in [-0.4, -0.2) is 65.1 Å². The van der Waals surface area contributed by atoms with Crippen molar-refractivity contribution in [2.75, 3.05) is 0 Å². The molecule has 2 N–H and O–H groups in total. The van der Waals surface area contributed by atoms with Crippen LogP contribution in [-0.2, 0) is 22.7 Å². The van der Waals surface area contributed by atoms with E-state index in [-0.39, 0.29) is 68.6 Å². The van der Waals surface area contributed by atoms with Crippen LogP contribution in [0.3, 0.4) is 0 Å². The monoisotopic (exact) mass is 762 g/mol. The van der Waals surface area contributed by atoms with E-state index in [0.717, 1.165) is 0 Å². The van der Waals surface area contributed by atoms with Gasteiger partial charge in [-0.2, -0.15) is 27.8 Å². The summed E-state index contributed by atoms with van der Waals surface area (Å²) in [7, 11) is 0. The zero-order valence-electron chi connectivity index (χ0n) is 26.3. The van der Waals surface area contributed by atoms with Gasteiger partial charge in [0, 0.05) is 34.8 Å². The molecule has 52 heavy (non-hydrogen) atoms. The van der Waals surface area contributed by atoms with E-state index in [1.165, 1.54) is 58.2 Å². The zero-order chi connectivity index (χ0) is 36.8. The molecule has 0 bridgehead atoms. The topological polar surface area (TPSA) is 164 Å². The number of nitrogens with one attached hydrogen (secondary N) is 2. The summed E-state index contributed by atoms with van der Waals surface area (Å²) in [5.41, 5.74) is 2.08. The summed E-state index contributed by atoms with van der Waals surface area (Å²) in [6, 6.07) is 11.2. The van der Waals surface area contributed by atoms with E-state index in [2.05, 4.69) is 40.1 Å². The SMILES string of the molecule is O=C(CCC(=O)Oc1nn(Cc2cc[nH]n2)cc1-c1cc(Cl)cc(OC(F)F)c1)Oc1nn(Cc2cc[nH]n2)cc1-c1cc(Cl)cc(OC(F)F)c1. The Bertz CT molecular complexity index is 2010. The minimum Gasteiger partial charge on any atom is -0.435 e. The van der Waals surface area contributed by atoms with Gasteiger partial charge in [0.2, 0.25) is 11.8 Å². The fraction of sp³-hybridized carbons (Fsp3) is 0.188. The van der Waals surface area contributed by atoms with E-state index >= 15 is 0 Å². The largest absolute Gasteiger partial charge is 0.435 e. The van der Waals surface area contributed by atoms with Gasteiger partial charge in [-0.15, -0.1) is 10.2 Å². The Balaban J connectivity index is 1.19. The van der Waals surface area contributed by atoms with Gasteiger partial charge in [-0.1, -0.05) is 23.2 Å². The summed E-state index contributed by atoms with van der Waals surface area (Å²) in [6.07, 6.45) is 5.24. The highest BCUT2D eigenvalue weighted by molar-refractivity contribution is 6.31. The number of nitrogens with zero attached hydrogens (tertiary/aromatic N) is 6. The summed E-state index contributed by atoms with van der Waals surface area (Å²) in [5, 5.41) is 22.2. The minimum atomic E-state index is -3.12. The molecule has 0 fully saturated rings. The maximum absolute atomic E-state index is 13.0. The maximum atomic E-state index is 13.0. The Morgan fingerprint density at radius 2 is 1.10 bits per heavy atom. The number of hydrogen-bond donors (Lipinski definition) is 2. The van der Waals surface area contributed by atoms with Crippen molar-refractivity contribution in [1.29, 1.82) is 0 Å². The average molecular weight is 763 g/mol. The molecule has 0 aliphatic rings. The number of aromatic amines is 2. The second kappa shape index (κ2) is 16.0. The zero-order valence-corrected chi connectivity index (χ0v) is 27.8. The van der Waals surface area contributed by atoms with Gasteiger partial charge in [-0.05, 0) is 59.7 Å². The molecule has 0 aliphatic carbocycles. The van der Waals surface area contributed by atoms with Crippen LogP contribution in [0.4, 0.5) is 17.6 Å². The average Bonchev–Trinajstić information content (AvgIpc) is 3.89. The molecular weight excluding hydrogens is 739 g/mol. The minimum absolute atomic E-state index is 0.0648. The summed E-state index contributed by atoms with van der Waals surface area (Å²) >= 11 is 12.3. The van der Waals surface area contributed by atoms with Crippen molar-refractivity contribution in [2.24, 2.45) is 0 Å². The van der Waals surface area contributed by atoms with Gasteiger partial charge >= 0.3 is 25.2 Å². The van der Waals surface area contributed by atoms with Gasteiger partial charge in [-0.25, -0.2) is 0 Å². The highest BCUT2D eigenvalue weighted by Gasteiger charge is 2.22. The molecule has 270 valence electrons. The summed E-state index contributed by atoms with van der Waals surface area (Å²) < 4.78 is 74.7. The van der Waals surface area contributed by atoms with E-state index in [4.69, 9.17) is 32.7 Å². The molecule has 2 aromatic carbocycles. The molecule has 0 radical (unpaired) electrons. The van der Waals surface area contributed by atoms with Crippen molar-refractivity contribution in [3.8, 4) is 45.5 Å². The third kappa shape index (κ3) is 9.46. The van der Waals surface area contributed by atoms with E-state index in [9.17, 15) is 27.2 Å². The van der Waals surface area contributed by atoms with Crippen LogP contribution in [0.5, 0.6) is 23.3 Å². The van der Waals surface area contributed by atoms with Gasteiger partial charge in [0.15, 0.2) is 0 Å². The highest BCUT2D eigenvalue weighted by atomic mass is 35.5. The Morgan fingerprint density at radius 1 is 0.673 bits per heavy atom. The second-order valence-electron chi connectivity index (χ2n) is 10.8. The lowest BCUT2D eigenvalue weighted by Gasteiger charge is -2.09. The van der Waals surface area contributed by atoms with Crippen LogP contribution >= 0.6 is 23.2 Å². The first-order chi connectivity index (χ1) is 25.0. The fourth-order valence-electron chi connectivity index (χ4n) is 4.91. The van der Waals surface area contributed by atoms with Gasteiger partial charge in [0.25, 0.3) is 0 Å². The predicted molar refractivity (Wildman–Crippen MR) is 174 cm³/mol. The number of carbonyl (C=O) groups is 2. The van der Waals surface area contributed by atoms with Gasteiger partial charge < -0.3 is 18.9 Å². The summed E-state index contributed by atoms with van der Waals surface area (Å²) in [5.74, 6) is -2.66. The Hall–Kier alpha value is -5.88. The molecule has 0 spiro atoms. The Kier molecular flexibility index (Phi) is 11.0. The molecule has 0 amide bonds. The number of aromatic nitrogens is 8. The summed E-state index contributed by atoms with van der Waals surface area (Å²) in [4.78, 5) is 26.1. The molecule has 20 heteroatoms. The number of benzene rings is 2. The molecular formula is C32H24Cl2F4N8O6. The lowest BCUT2D eigenvalue weighted by Crippen LogP contribution is -2.15. The Labute approximate surface area is 300 Å². The van der Waals surface area contributed by atoms with Crippen LogP contribution in [0.25, 0.3) is 22.3 Å². The van der Waals surface area contributed by atoms with Crippen molar-refractivity contribution in [1.82, 2.24) is 40.0 Å². The van der Waals surface area contributed by atoms with Crippen molar-refractivity contribution in [3.63, 3.8) is 0 Å². The van der Waals surface area contributed by atoms with Crippen molar-refractivity contribution in [2.45, 2.75) is 39.2 Å². The molecule has 6 aromatic rings. The van der Waals surface area contributed by atoms with Gasteiger partial charge in [-0.3, -0.25) is 29.2 Å². The van der Waals surface area contributed by atoms with Crippen LogP contribution in [0.15, 0.2) is 73.3 Å². The van der Waals surface area contributed by atoms with Gasteiger partial charge in [0.05, 0.1) is 48.4 Å².